The van der Waals surface area contributed by atoms with E-state index in [4.69, 9.17) is 9.52 Å². The molecule has 0 unspecified atom stereocenters. The second-order valence-corrected chi connectivity index (χ2v) is 3.83. The molecule has 18 heavy (non-hydrogen) atoms. The van der Waals surface area contributed by atoms with Crippen LogP contribution in [0.15, 0.2) is 33.8 Å². The summed E-state index contributed by atoms with van der Waals surface area (Å²) >= 11 is 0. The molecule has 2 N–H and O–H groups in total. The Labute approximate surface area is 102 Å². The zero-order chi connectivity index (χ0) is 13.0. The molecule has 0 fully saturated rings. The number of carbonyl (C=O) groups is 1. The van der Waals surface area contributed by atoms with E-state index in [0.29, 0.717) is 18.7 Å². The third-order valence-corrected chi connectivity index (χ3v) is 2.46. The fourth-order valence-electron chi connectivity index (χ4n) is 1.57. The van der Waals surface area contributed by atoms with Gasteiger partial charge in [-0.05, 0) is 12.1 Å². The predicted molar refractivity (Wildman–Crippen MR) is 62.3 cm³/mol. The molecular formula is C12H12N2O4. The molecule has 0 aliphatic rings. The van der Waals surface area contributed by atoms with Crippen molar-refractivity contribution >= 4 is 5.97 Å². The van der Waals surface area contributed by atoms with Gasteiger partial charge < -0.3 is 14.5 Å². The Bertz CT molecular complexity index is 586. The number of aryl methyl sites for hydroxylation is 2. The maximum Gasteiger partial charge on any atom is 0.308 e. The Morgan fingerprint density at radius 3 is 2.89 bits per heavy atom. The van der Waals surface area contributed by atoms with Crippen molar-refractivity contribution in [1.82, 2.24) is 9.97 Å². The Kier molecular flexibility index (Phi) is 3.57. The first-order valence-electron chi connectivity index (χ1n) is 5.46. The van der Waals surface area contributed by atoms with Crippen molar-refractivity contribution < 1.29 is 14.3 Å². The van der Waals surface area contributed by atoms with Crippen molar-refractivity contribution in [3.8, 4) is 0 Å². The Hall–Kier alpha value is -2.37. The Morgan fingerprint density at radius 1 is 1.44 bits per heavy atom. The maximum absolute atomic E-state index is 11.6. The molecule has 0 atom stereocenters. The number of furan rings is 1. The molecule has 0 radical (unpaired) electrons. The molecule has 2 aromatic rings. The molecule has 0 aliphatic carbocycles. The highest BCUT2D eigenvalue weighted by atomic mass is 16.4. The summed E-state index contributed by atoms with van der Waals surface area (Å²) in [6, 6.07) is 3.64. The lowest BCUT2D eigenvalue weighted by Gasteiger charge is -2.00. The van der Waals surface area contributed by atoms with Crippen molar-refractivity contribution in [3.63, 3.8) is 0 Å². The van der Waals surface area contributed by atoms with Gasteiger partial charge in [-0.3, -0.25) is 9.59 Å². The molecule has 2 rings (SSSR count). The number of carboxylic acids is 1. The summed E-state index contributed by atoms with van der Waals surface area (Å²) in [5.74, 6) is 0.281. The summed E-state index contributed by atoms with van der Waals surface area (Å²) in [6.07, 6.45) is 3.75. The molecular weight excluding hydrogens is 236 g/mol. The van der Waals surface area contributed by atoms with E-state index in [-0.39, 0.29) is 12.0 Å². The van der Waals surface area contributed by atoms with Gasteiger partial charge in [0, 0.05) is 24.6 Å². The Balaban J connectivity index is 2.04. The molecule has 6 heteroatoms. The fraction of sp³-hybridized carbons (Fsp3) is 0.250. The van der Waals surface area contributed by atoms with E-state index in [0.717, 1.165) is 5.76 Å². The van der Waals surface area contributed by atoms with Crippen molar-refractivity contribution in [1.29, 1.82) is 0 Å². The van der Waals surface area contributed by atoms with Gasteiger partial charge in [0.15, 0.2) is 0 Å². The number of rotatable bonds is 5. The maximum atomic E-state index is 11.6. The first-order chi connectivity index (χ1) is 8.65. The lowest BCUT2D eigenvalue weighted by atomic mass is 10.2. The highest BCUT2D eigenvalue weighted by Crippen LogP contribution is 2.04. The van der Waals surface area contributed by atoms with E-state index in [1.54, 1.807) is 12.3 Å². The van der Waals surface area contributed by atoms with Gasteiger partial charge in [-0.15, -0.1) is 0 Å². The smallest absolute Gasteiger partial charge is 0.308 e. The molecule has 0 amide bonds. The minimum absolute atomic E-state index is 0.157. The minimum Gasteiger partial charge on any atom is -0.481 e. The van der Waals surface area contributed by atoms with Crippen molar-refractivity contribution in [2.24, 2.45) is 0 Å². The highest BCUT2D eigenvalue weighted by molar-refractivity contribution is 5.69. The van der Waals surface area contributed by atoms with Crippen LogP contribution < -0.4 is 5.56 Å². The quantitative estimate of drug-likeness (QED) is 0.814. The SMILES string of the molecule is O=C(O)Cc1cnc(CCc2ccco2)[nH]c1=O. The van der Waals surface area contributed by atoms with Gasteiger partial charge in [0.1, 0.15) is 11.6 Å². The van der Waals surface area contributed by atoms with Gasteiger partial charge in [0.05, 0.1) is 12.7 Å². The van der Waals surface area contributed by atoms with Crippen LogP contribution in [0, 0.1) is 0 Å². The van der Waals surface area contributed by atoms with E-state index in [1.807, 2.05) is 6.07 Å². The van der Waals surface area contributed by atoms with Crippen LogP contribution in [0.3, 0.4) is 0 Å². The average Bonchev–Trinajstić information content (AvgIpc) is 2.82. The van der Waals surface area contributed by atoms with Crippen LogP contribution in [0.5, 0.6) is 0 Å². The van der Waals surface area contributed by atoms with Crippen LogP contribution in [0.1, 0.15) is 17.1 Å². The number of nitrogens with zero attached hydrogens (tertiary/aromatic N) is 1. The molecule has 0 saturated heterocycles. The number of aliphatic carboxylic acids is 1. The normalized spacial score (nSPS) is 10.4. The van der Waals surface area contributed by atoms with E-state index < -0.39 is 11.5 Å². The minimum atomic E-state index is -1.05. The standard InChI is InChI=1S/C12H12N2O4/c15-11(16)6-8-7-13-10(14-12(8)17)4-3-9-2-1-5-18-9/h1-2,5,7H,3-4,6H2,(H,15,16)(H,13,14,17). The molecule has 6 nitrogen and oxygen atoms in total. The third-order valence-electron chi connectivity index (χ3n) is 2.46. The monoisotopic (exact) mass is 248 g/mol. The summed E-state index contributed by atoms with van der Waals surface area (Å²) < 4.78 is 5.16. The number of hydrogen-bond acceptors (Lipinski definition) is 4. The summed E-state index contributed by atoms with van der Waals surface area (Å²) in [6.45, 7) is 0. The zero-order valence-electron chi connectivity index (χ0n) is 9.55. The fourth-order valence-corrected chi connectivity index (χ4v) is 1.57. The van der Waals surface area contributed by atoms with Crippen LogP contribution in [0.2, 0.25) is 0 Å². The van der Waals surface area contributed by atoms with E-state index in [1.165, 1.54) is 6.20 Å². The molecule has 2 aromatic heterocycles. The first kappa shape index (κ1) is 12.1. The van der Waals surface area contributed by atoms with Crippen molar-refractivity contribution in [3.05, 3.63) is 52.1 Å². The van der Waals surface area contributed by atoms with Crippen molar-refractivity contribution in [2.45, 2.75) is 19.3 Å². The topological polar surface area (TPSA) is 96.2 Å². The number of hydrogen-bond donors (Lipinski definition) is 2. The van der Waals surface area contributed by atoms with Crippen LogP contribution in [-0.4, -0.2) is 21.0 Å². The molecule has 2 heterocycles. The second-order valence-electron chi connectivity index (χ2n) is 3.83. The van der Waals surface area contributed by atoms with Gasteiger partial charge in [-0.2, -0.15) is 0 Å². The van der Waals surface area contributed by atoms with E-state index in [2.05, 4.69) is 9.97 Å². The van der Waals surface area contributed by atoms with E-state index >= 15 is 0 Å². The third kappa shape index (κ3) is 3.07. The van der Waals surface area contributed by atoms with Crippen molar-refractivity contribution in [2.75, 3.05) is 0 Å². The highest BCUT2D eigenvalue weighted by Gasteiger charge is 2.07. The second kappa shape index (κ2) is 5.31. The zero-order valence-corrected chi connectivity index (χ0v) is 9.55. The molecule has 0 aromatic carbocycles. The summed E-state index contributed by atoms with van der Waals surface area (Å²) in [5.41, 5.74) is -0.244. The first-order valence-corrected chi connectivity index (χ1v) is 5.46. The number of aromatic amines is 1. The summed E-state index contributed by atoms with van der Waals surface area (Å²) in [7, 11) is 0. The van der Waals surface area contributed by atoms with Gasteiger partial charge in [-0.25, -0.2) is 4.98 Å². The molecule has 0 saturated carbocycles. The summed E-state index contributed by atoms with van der Waals surface area (Å²) in [5, 5.41) is 8.60. The van der Waals surface area contributed by atoms with Crippen LogP contribution in [0.25, 0.3) is 0 Å². The van der Waals surface area contributed by atoms with E-state index in [9.17, 15) is 9.59 Å². The lowest BCUT2D eigenvalue weighted by Crippen LogP contribution is -2.19. The summed E-state index contributed by atoms with van der Waals surface area (Å²) in [4.78, 5) is 28.7. The predicted octanol–water partition coefficient (Wildman–Crippen LogP) is 0.775. The van der Waals surface area contributed by atoms with Gasteiger partial charge >= 0.3 is 5.97 Å². The number of aromatic nitrogens is 2. The number of H-pyrrole nitrogens is 1. The van der Waals surface area contributed by atoms with Crippen LogP contribution >= 0.6 is 0 Å². The van der Waals surface area contributed by atoms with Crippen LogP contribution in [0.4, 0.5) is 0 Å². The molecule has 0 spiro atoms. The van der Waals surface area contributed by atoms with Gasteiger partial charge in [0.25, 0.3) is 5.56 Å². The lowest BCUT2D eigenvalue weighted by molar-refractivity contribution is -0.136. The Morgan fingerprint density at radius 2 is 2.28 bits per heavy atom. The largest absolute Gasteiger partial charge is 0.481 e. The van der Waals surface area contributed by atoms with Crippen LogP contribution in [-0.2, 0) is 24.1 Å². The van der Waals surface area contributed by atoms with Gasteiger partial charge in [-0.1, -0.05) is 0 Å². The molecule has 94 valence electrons. The number of carboxylic acid groups (broad SMARTS) is 1. The molecule has 0 aliphatic heterocycles. The molecule has 0 bridgehead atoms. The average molecular weight is 248 g/mol. The number of nitrogens with one attached hydrogen (secondary N) is 1. The van der Waals surface area contributed by atoms with Gasteiger partial charge in [0.2, 0.25) is 0 Å².